The van der Waals surface area contributed by atoms with Gasteiger partial charge >= 0.3 is 0 Å². The number of aliphatic hydroxyl groups is 1. The van der Waals surface area contributed by atoms with E-state index in [4.69, 9.17) is 0 Å². The molecule has 4 heteroatoms. The van der Waals surface area contributed by atoms with E-state index < -0.39 is 0 Å². The minimum absolute atomic E-state index is 0.0325. The summed E-state index contributed by atoms with van der Waals surface area (Å²) in [6, 6.07) is 1.58. The Bertz CT molecular complexity index is 390. The van der Waals surface area contributed by atoms with Crippen LogP contribution in [-0.4, -0.2) is 40.6 Å². The molecule has 1 amide bonds. The molecule has 0 aliphatic heterocycles. The first kappa shape index (κ1) is 13.8. The molecule has 0 aromatic carbocycles. The van der Waals surface area contributed by atoms with E-state index in [2.05, 4.69) is 4.98 Å². The number of amides is 1. The molecule has 17 heavy (non-hydrogen) atoms. The van der Waals surface area contributed by atoms with Crippen molar-refractivity contribution in [2.45, 2.75) is 33.7 Å². The first-order chi connectivity index (χ1) is 7.79. The zero-order valence-electron chi connectivity index (χ0n) is 11.2. The van der Waals surface area contributed by atoms with Gasteiger partial charge in [0.2, 0.25) is 0 Å². The normalized spacial score (nSPS) is 13.5. The molecule has 0 spiro atoms. The van der Waals surface area contributed by atoms with Crippen molar-refractivity contribution in [1.29, 1.82) is 0 Å². The molecule has 96 valence electrons. The van der Waals surface area contributed by atoms with Crippen molar-refractivity contribution < 1.29 is 9.90 Å². The quantitative estimate of drug-likeness (QED) is 0.843. The summed E-state index contributed by atoms with van der Waals surface area (Å²) >= 11 is 0. The smallest absolute Gasteiger partial charge is 0.255 e. The summed E-state index contributed by atoms with van der Waals surface area (Å²) in [6.07, 6.45) is 1.75. The van der Waals surface area contributed by atoms with Gasteiger partial charge in [-0.05, 0) is 18.4 Å². The fourth-order valence-electron chi connectivity index (χ4n) is 1.99. The topological polar surface area (TPSA) is 56.3 Å². The van der Waals surface area contributed by atoms with Gasteiger partial charge in [0, 0.05) is 18.9 Å². The number of hydrogen-bond acceptors (Lipinski definition) is 2. The molecule has 0 bridgehead atoms. The first-order valence-corrected chi connectivity index (χ1v) is 5.81. The molecule has 1 heterocycles. The molecule has 0 radical (unpaired) electrons. The number of aromatic amines is 1. The number of carbonyl (C=O) groups is 1. The number of carbonyl (C=O) groups excluding carboxylic acids is 1. The highest BCUT2D eigenvalue weighted by atomic mass is 16.3. The molecule has 0 saturated heterocycles. The number of aromatic nitrogens is 1. The Labute approximate surface area is 103 Å². The van der Waals surface area contributed by atoms with Crippen molar-refractivity contribution in [2.75, 3.05) is 13.7 Å². The maximum absolute atomic E-state index is 12.3. The lowest BCUT2D eigenvalue weighted by atomic mass is 9.86. The lowest BCUT2D eigenvalue weighted by molar-refractivity contribution is 0.0433. The number of aryl methyl sites for hydroxylation is 1. The van der Waals surface area contributed by atoms with E-state index in [0.29, 0.717) is 5.56 Å². The van der Waals surface area contributed by atoms with Crippen molar-refractivity contribution in [2.24, 2.45) is 5.41 Å². The summed E-state index contributed by atoms with van der Waals surface area (Å²) in [5.74, 6) is -0.0577. The molecule has 2 N–H and O–H groups in total. The van der Waals surface area contributed by atoms with Crippen LogP contribution in [0.3, 0.4) is 0 Å². The molecule has 0 fully saturated rings. The summed E-state index contributed by atoms with van der Waals surface area (Å²) < 4.78 is 0. The van der Waals surface area contributed by atoms with Crippen molar-refractivity contribution in [3.8, 4) is 0 Å². The molecule has 0 unspecified atom stereocenters. The van der Waals surface area contributed by atoms with Gasteiger partial charge < -0.3 is 15.0 Å². The fraction of sp³-hybridized carbons (Fsp3) is 0.615. The third-order valence-corrected chi connectivity index (χ3v) is 3.14. The average Bonchev–Trinajstić information content (AvgIpc) is 2.62. The van der Waals surface area contributed by atoms with E-state index in [0.717, 1.165) is 5.69 Å². The molecule has 0 aliphatic rings. The standard InChI is InChI=1S/C13H22N2O2/c1-9-10(6-7-14-9)12(17)15(5)11(8-16)13(2,3)4/h6-7,11,14,16H,8H2,1-5H3/t11-/m1/s1. The third kappa shape index (κ3) is 2.88. The predicted octanol–water partition coefficient (Wildman–Crippen LogP) is 1.80. The second-order valence-electron chi connectivity index (χ2n) is 5.50. The Morgan fingerprint density at radius 1 is 1.53 bits per heavy atom. The predicted molar refractivity (Wildman–Crippen MR) is 68.0 cm³/mol. The van der Waals surface area contributed by atoms with Gasteiger partial charge in [0.25, 0.3) is 5.91 Å². The zero-order valence-corrected chi connectivity index (χ0v) is 11.2. The number of nitrogens with zero attached hydrogens (tertiary/aromatic N) is 1. The molecule has 1 aromatic rings. The van der Waals surface area contributed by atoms with Gasteiger partial charge in [-0.25, -0.2) is 0 Å². The molecule has 4 nitrogen and oxygen atoms in total. The van der Waals surface area contributed by atoms with E-state index in [1.807, 2.05) is 27.7 Å². The Morgan fingerprint density at radius 2 is 2.12 bits per heavy atom. The molecular weight excluding hydrogens is 216 g/mol. The van der Waals surface area contributed by atoms with E-state index in [1.54, 1.807) is 24.2 Å². The molecule has 0 aliphatic carbocycles. The van der Waals surface area contributed by atoms with Crippen LogP contribution in [0.1, 0.15) is 36.8 Å². The first-order valence-electron chi connectivity index (χ1n) is 5.81. The fourth-order valence-corrected chi connectivity index (χ4v) is 1.99. The molecule has 1 aromatic heterocycles. The monoisotopic (exact) mass is 238 g/mol. The Balaban J connectivity index is 2.93. The second-order valence-corrected chi connectivity index (χ2v) is 5.50. The molecule has 1 rings (SSSR count). The van der Waals surface area contributed by atoms with Crippen LogP contribution < -0.4 is 0 Å². The van der Waals surface area contributed by atoms with E-state index in [1.165, 1.54) is 0 Å². The van der Waals surface area contributed by atoms with Crippen LogP contribution >= 0.6 is 0 Å². The lowest BCUT2D eigenvalue weighted by Crippen LogP contribution is -2.47. The van der Waals surface area contributed by atoms with E-state index >= 15 is 0 Å². The van der Waals surface area contributed by atoms with Gasteiger partial charge in [0.15, 0.2) is 0 Å². The van der Waals surface area contributed by atoms with Crippen molar-refractivity contribution in [1.82, 2.24) is 9.88 Å². The maximum Gasteiger partial charge on any atom is 0.255 e. The number of aliphatic hydroxyl groups excluding tert-OH is 1. The summed E-state index contributed by atoms with van der Waals surface area (Å²) in [7, 11) is 1.74. The largest absolute Gasteiger partial charge is 0.394 e. The molecular formula is C13H22N2O2. The van der Waals surface area contributed by atoms with Gasteiger partial charge in [0.1, 0.15) is 0 Å². The Kier molecular flexibility index (Phi) is 3.98. The highest BCUT2D eigenvalue weighted by Crippen LogP contribution is 2.24. The minimum Gasteiger partial charge on any atom is -0.394 e. The maximum atomic E-state index is 12.3. The van der Waals surface area contributed by atoms with Crippen molar-refractivity contribution in [3.63, 3.8) is 0 Å². The third-order valence-electron chi connectivity index (χ3n) is 3.14. The molecule has 0 saturated carbocycles. The van der Waals surface area contributed by atoms with Crippen LogP contribution in [0.5, 0.6) is 0 Å². The van der Waals surface area contributed by atoms with Crippen molar-refractivity contribution >= 4 is 5.91 Å². The minimum atomic E-state index is -0.190. The van der Waals surface area contributed by atoms with Gasteiger partial charge in [-0.1, -0.05) is 20.8 Å². The van der Waals surface area contributed by atoms with Crippen LogP contribution in [0.2, 0.25) is 0 Å². The average molecular weight is 238 g/mol. The number of rotatable bonds is 3. The second kappa shape index (κ2) is 4.92. The highest BCUT2D eigenvalue weighted by Gasteiger charge is 2.31. The number of nitrogens with one attached hydrogen (secondary N) is 1. The zero-order chi connectivity index (χ0) is 13.2. The molecule has 1 atom stereocenters. The van der Waals surface area contributed by atoms with Gasteiger partial charge in [-0.15, -0.1) is 0 Å². The van der Waals surface area contributed by atoms with Gasteiger partial charge in [-0.2, -0.15) is 0 Å². The number of likely N-dealkylation sites (N-methyl/N-ethyl adjacent to an activating group) is 1. The van der Waals surface area contributed by atoms with E-state index in [9.17, 15) is 9.90 Å². The summed E-state index contributed by atoms with van der Waals surface area (Å²) in [5.41, 5.74) is 1.37. The van der Waals surface area contributed by atoms with Gasteiger partial charge in [-0.3, -0.25) is 4.79 Å². The van der Waals surface area contributed by atoms with Crippen LogP contribution in [-0.2, 0) is 0 Å². The Hall–Kier alpha value is -1.29. The van der Waals surface area contributed by atoms with Crippen LogP contribution in [0.15, 0.2) is 12.3 Å². The number of hydrogen-bond donors (Lipinski definition) is 2. The highest BCUT2D eigenvalue weighted by molar-refractivity contribution is 5.95. The lowest BCUT2D eigenvalue weighted by Gasteiger charge is -2.36. The summed E-state index contributed by atoms with van der Waals surface area (Å²) in [6.45, 7) is 7.88. The number of H-pyrrole nitrogens is 1. The van der Waals surface area contributed by atoms with Crippen LogP contribution in [0, 0.1) is 12.3 Å². The van der Waals surface area contributed by atoms with Crippen molar-refractivity contribution in [3.05, 3.63) is 23.5 Å². The Morgan fingerprint density at radius 3 is 2.47 bits per heavy atom. The van der Waals surface area contributed by atoms with Gasteiger partial charge in [0.05, 0.1) is 18.2 Å². The van der Waals surface area contributed by atoms with E-state index in [-0.39, 0.29) is 24.0 Å². The van der Waals surface area contributed by atoms with Crippen LogP contribution in [0.4, 0.5) is 0 Å². The summed E-state index contributed by atoms with van der Waals surface area (Å²) in [4.78, 5) is 16.9. The van der Waals surface area contributed by atoms with Crippen LogP contribution in [0.25, 0.3) is 0 Å². The summed E-state index contributed by atoms with van der Waals surface area (Å²) in [5, 5.41) is 9.45. The SMILES string of the molecule is Cc1[nH]ccc1C(=O)N(C)[C@H](CO)C(C)(C)C.